The van der Waals surface area contributed by atoms with Crippen molar-refractivity contribution in [1.29, 1.82) is 0 Å². The summed E-state index contributed by atoms with van der Waals surface area (Å²) in [6, 6.07) is -0.193. The van der Waals surface area contributed by atoms with Gasteiger partial charge in [0.2, 0.25) is 0 Å². The lowest BCUT2D eigenvalue weighted by molar-refractivity contribution is -0.127. The van der Waals surface area contributed by atoms with Crippen LogP contribution in [0.1, 0.15) is 40.5 Å². The summed E-state index contributed by atoms with van der Waals surface area (Å²) < 4.78 is 0. The van der Waals surface area contributed by atoms with E-state index in [1.54, 1.807) is 7.05 Å². The van der Waals surface area contributed by atoms with Crippen LogP contribution in [0.2, 0.25) is 0 Å². The van der Waals surface area contributed by atoms with Gasteiger partial charge in [-0.15, -0.1) is 0 Å². The zero-order valence-electron chi connectivity index (χ0n) is 11.1. The second-order valence-corrected chi connectivity index (χ2v) is 4.65. The van der Waals surface area contributed by atoms with Gasteiger partial charge in [0.05, 0.1) is 18.2 Å². The highest BCUT2D eigenvalue weighted by Gasteiger charge is 2.32. The Morgan fingerprint density at radius 1 is 1.31 bits per heavy atom. The number of rotatable bonds is 8. The molecule has 0 saturated carbocycles. The Bertz CT molecular complexity index is 213. The van der Waals surface area contributed by atoms with Crippen LogP contribution in [0.4, 0.5) is 0 Å². The van der Waals surface area contributed by atoms with Crippen molar-refractivity contribution >= 4 is 5.78 Å². The first-order chi connectivity index (χ1) is 7.42. The van der Waals surface area contributed by atoms with E-state index in [2.05, 4.69) is 24.5 Å². The van der Waals surface area contributed by atoms with Gasteiger partial charge in [-0.2, -0.15) is 0 Å². The van der Waals surface area contributed by atoms with Crippen molar-refractivity contribution in [3.05, 3.63) is 0 Å². The third-order valence-electron chi connectivity index (χ3n) is 3.16. The number of carbonyl (C=O) groups excluding carboxylic acids is 1. The van der Waals surface area contributed by atoms with Crippen LogP contribution in [-0.4, -0.2) is 42.2 Å². The molecular formula is C12H26N2O2. The predicted octanol–water partition coefficient (Wildman–Crippen LogP) is 0.693. The van der Waals surface area contributed by atoms with Gasteiger partial charge in [-0.05, 0) is 33.7 Å². The molecule has 3 N–H and O–H groups in total. The number of aliphatic hydroxyl groups excluding tert-OH is 1. The lowest BCUT2D eigenvalue weighted by Gasteiger charge is -2.29. The number of carbonyl (C=O) groups is 1. The molecule has 0 spiro atoms. The molecule has 0 fully saturated rings. The minimum Gasteiger partial charge on any atom is -0.394 e. The first-order valence-corrected chi connectivity index (χ1v) is 6.03. The monoisotopic (exact) mass is 230 g/mol. The molecule has 0 aromatic heterocycles. The Balaban J connectivity index is 4.55. The van der Waals surface area contributed by atoms with Crippen molar-refractivity contribution in [1.82, 2.24) is 10.6 Å². The molecule has 4 nitrogen and oxygen atoms in total. The van der Waals surface area contributed by atoms with Gasteiger partial charge >= 0.3 is 0 Å². The summed E-state index contributed by atoms with van der Waals surface area (Å²) in [4.78, 5) is 12.1. The zero-order chi connectivity index (χ0) is 12.8. The average Bonchev–Trinajstić information content (AvgIpc) is 2.30. The SMILES string of the molecule is CCC(CC)N[C@@H](CO)C(=O)C(C)(C)NC. The first kappa shape index (κ1) is 15.6. The predicted molar refractivity (Wildman–Crippen MR) is 66.5 cm³/mol. The zero-order valence-corrected chi connectivity index (χ0v) is 11.1. The van der Waals surface area contributed by atoms with Gasteiger partial charge in [-0.1, -0.05) is 13.8 Å². The Hall–Kier alpha value is -0.450. The number of nitrogens with one attached hydrogen (secondary N) is 2. The van der Waals surface area contributed by atoms with E-state index >= 15 is 0 Å². The number of hydrogen-bond acceptors (Lipinski definition) is 4. The quantitative estimate of drug-likeness (QED) is 0.574. The van der Waals surface area contributed by atoms with Crippen molar-refractivity contribution in [2.45, 2.75) is 58.2 Å². The third kappa shape index (κ3) is 4.20. The molecule has 0 aliphatic carbocycles. The minimum atomic E-state index is -0.605. The normalized spacial score (nSPS) is 14.2. The number of likely N-dealkylation sites (N-methyl/N-ethyl adjacent to an activating group) is 1. The van der Waals surface area contributed by atoms with E-state index in [0.717, 1.165) is 12.8 Å². The van der Waals surface area contributed by atoms with E-state index in [4.69, 9.17) is 0 Å². The van der Waals surface area contributed by atoms with E-state index in [1.807, 2.05) is 13.8 Å². The van der Waals surface area contributed by atoms with Crippen LogP contribution in [0.25, 0.3) is 0 Å². The van der Waals surface area contributed by atoms with E-state index < -0.39 is 11.6 Å². The van der Waals surface area contributed by atoms with E-state index in [9.17, 15) is 9.90 Å². The maximum Gasteiger partial charge on any atom is 0.171 e. The molecule has 16 heavy (non-hydrogen) atoms. The molecule has 0 radical (unpaired) electrons. The van der Waals surface area contributed by atoms with E-state index in [-0.39, 0.29) is 18.4 Å². The number of aliphatic hydroxyl groups is 1. The fourth-order valence-corrected chi connectivity index (χ4v) is 1.58. The summed E-state index contributed by atoms with van der Waals surface area (Å²) in [7, 11) is 1.75. The van der Waals surface area contributed by atoms with Crippen LogP contribution in [0.15, 0.2) is 0 Å². The van der Waals surface area contributed by atoms with E-state index in [0.29, 0.717) is 0 Å². The molecule has 0 amide bonds. The smallest absolute Gasteiger partial charge is 0.171 e. The van der Waals surface area contributed by atoms with Crippen molar-refractivity contribution in [3.8, 4) is 0 Å². The second-order valence-electron chi connectivity index (χ2n) is 4.65. The molecule has 0 aliphatic rings. The lowest BCUT2D eigenvalue weighted by atomic mass is 9.93. The minimum absolute atomic E-state index is 0.00407. The van der Waals surface area contributed by atoms with Crippen molar-refractivity contribution in [2.75, 3.05) is 13.7 Å². The lowest BCUT2D eigenvalue weighted by Crippen LogP contribution is -2.56. The summed E-state index contributed by atoms with van der Waals surface area (Å²) in [5.41, 5.74) is -0.605. The van der Waals surface area contributed by atoms with Crippen molar-refractivity contribution in [2.24, 2.45) is 0 Å². The molecule has 0 aromatic rings. The Morgan fingerprint density at radius 3 is 2.12 bits per heavy atom. The first-order valence-electron chi connectivity index (χ1n) is 6.03. The molecular weight excluding hydrogens is 204 g/mol. The number of ketones is 1. The fourth-order valence-electron chi connectivity index (χ4n) is 1.58. The highest BCUT2D eigenvalue weighted by molar-refractivity contribution is 5.92. The van der Waals surface area contributed by atoms with Gasteiger partial charge in [-0.25, -0.2) is 0 Å². The van der Waals surface area contributed by atoms with Gasteiger partial charge in [-0.3, -0.25) is 4.79 Å². The molecule has 0 aliphatic heterocycles. The number of hydrogen-bond donors (Lipinski definition) is 3. The van der Waals surface area contributed by atoms with Crippen LogP contribution in [-0.2, 0) is 4.79 Å². The van der Waals surface area contributed by atoms with Crippen LogP contribution < -0.4 is 10.6 Å². The molecule has 0 unspecified atom stereocenters. The molecule has 96 valence electrons. The summed E-state index contributed by atoms with van der Waals surface area (Å²) in [5, 5.41) is 15.5. The summed E-state index contributed by atoms with van der Waals surface area (Å²) in [6.45, 7) is 7.65. The molecule has 4 heteroatoms. The van der Waals surface area contributed by atoms with Gasteiger partial charge < -0.3 is 15.7 Å². The van der Waals surface area contributed by atoms with Crippen LogP contribution >= 0.6 is 0 Å². The maximum absolute atomic E-state index is 12.1. The summed E-state index contributed by atoms with van der Waals surface area (Å²) in [5.74, 6) is 0.00407. The fraction of sp³-hybridized carbons (Fsp3) is 0.917. The highest BCUT2D eigenvalue weighted by Crippen LogP contribution is 2.08. The van der Waals surface area contributed by atoms with Gasteiger partial charge in [0.1, 0.15) is 0 Å². The van der Waals surface area contributed by atoms with Crippen LogP contribution in [0.5, 0.6) is 0 Å². The molecule has 0 bridgehead atoms. The summed E-state index contributed by atoms with van der Waals surface area (Å²) >= 11 is 0. The maximum atomic E-state index is 12.1. The Morgan fingerprint density at radius 2 is 1.81 bits per heavy atom. The largest absolute Gasteiger partial charge is 0.394 e. The average molecular weight is 230 g/mol. The second kappa shape index (κ2) is 6.99. The van der Waals surface area contributed by atoms with Crippen molar-refractivity contribution in [3.63, 3.8) is 0 Å². The standard InChI is InChI=1S/C12H26N2O2/c1-6-9(7-2)14-10(8-15)11(16)12(3,4)13-5/h9-10,13-15H,6-8H2,1-5H3/t10-/m0/s1. The Labute approximate surface area is 98.8 Å². The third-order valence-corrected chi connectivity index (χ3v) is 3.16. The van der Waals surface area contributed by atoms with E-state index in [1.165, 1.54) is 0 Å². The highest BCUT2D eigenvalue weighted by atomic mass is 16.3. The van der Waals surface area contributed by atoms with Crippen LogP contribution in [0, 0.1) is 0 Å². The van der Waals surface area contributed by atoms with Crippen molar-refractivity contribution < 1.29 is 9.90 Å². The van der Waals surface area contributed by atoms with Crippen LogP contribution in [0.3, 0.4) is 0 Å². The van der Waals surface area contributed by atoms with Gasteiger partial charge in [0.15, 0.2) is 5.78 Å². The topological polar surface area (TPSA) is 61.4 Å². The molecule has 0 rings (SSSR count). The Kier molecular flexibility index (Phi) is 6.79. The number of Topliss-reactive ketones (excluding diaryl/α,β-unsaturated/α-hetero) is 1. The molecule has 0 saturated heterocycles. The molecule has 1 atom stereocenters. The van der Waals surface area contributed by atoms with Gasteiger partial charge in [0.25, 0.3) is 0 Å². The van der Waals surface area contributed by atoms with Gasteiger partial charge in [0, 0.05) is 6.04 Å². The summed E-state index contributed by atoms with van der Waals surface area (Å²) in [6.07, 6.45) is 1.92. The molecule has 0 heterocycles. The molecule has 0 aromatic carbocycles.